The highest BCUT2D eigenvalue weighted by Crippen LogP contribution is 2.29. The Balaban J connectivity index is 2.10. The van der Waals surface area contributed by atoms with Crippen LogP contribution >= 0.6 is 11.3 Å². The van der Waals surface area contributed by atoms with Gasteiger partial charge in [-0.15, -0.1) is 0 Å². The van der Waals surface area contributed by atoms with E-state index in [1.165, 1.54) is 23.5 Å². The van der Waals surface area contributed by atoms with Crippen molar-refractivity contribution in [3.8, 4) is 0 Å². The molecule has 0 aliphatic heterocycles. The first kappa shape index (κ1) is 18.0. The van der Waals surface area contributed by atoms with Gasteiger partial charge in [-0.2, -0.15) is 24.5 Å². The number of nitrogens with zero attached hydrogens (tertiary/aromatic N) is 1. The fourth-order valence-electron chi connectivity index (χ4n) is 2.09. The van der Waals surface area contributed by atoms with Crippen LogP contribution in [0, 0.1) is 0 Å². The van der Waals surface area contributed by atoms with Gasteiger partial charge in [0.25, 0.3) is 0 Å². The maximum Gasteiger partial charge on any atom is 0.416 e. The minimum atomic E-state index is -4.44. The third-order valence-electron chi connectivity index (χ3n) is 3.27. The molecule has 0 aliphatic rings. The molecule has 0 aliphatic carbocycles. The predicted molar refractivity (Wildman–Crippen MR) is 82.5 cm³/mol. The number of benzene rings is 1. The topological polar surface area (TPSA) is 57.6 Å². The summed E-state index contributed by atoms with van der Waals surface area (Å²) in [6.07, 6.45) is -4.38. The van der Waals surface area contributed by atoms with Crippen molar-refractivity contribution in [1.82, 2.24) is 4.90 Å². The molecule has 0 unspecified atom stereocenters. The molecular weight excluding hydrogens is 343 g/mol. The number of carbonyl (C=O) groups is 2. The smallest absolute Gasteiger partial charge is 0.416 e. The summed E-state index contributed by atoms with van der Waals surface area (Å²) in [7, 11) is 0. The molecule has 0 atom stereocenters. The number of amides is 1. The van der Waals surface area contributed by atoms with Crippen molar-refractivity contribution in [2.24, 2.45) is 0 Å². The Morgan fingerprint density at radius 1 is 1.08 bits per heavy atom. The van der Waals surface area contributed by atoms with Gasteiger partial charge in [0.05, 0.1) is 12.0 Å². The van der Waals surface area contributed by atoms with Crippen LogP contribution in [-0.2, 0) is 28.7 Å². The van der Waals surface area contributed by atoms with E-state index in [2.05, 4.69) is 0 Å². The number of hydrogen-bond acceptors (Lipinski definition) is 3. The van der Waals surface area contributed by atoms with Crippen LogP contribution in [0.1, 0.15) is 16.7 Å². The second kappa shape index (κ2) is 7.48. The summed E-state index contributed by atoms with van der Waals surface area (Å²) >= 11 is 1.42. The van der Waals surface area contributed by atoms with Gasteiger partial charge in [0.15, 0.2) is 0 Å². The number of alkyl halides is 3. The first-order valence-electron chi connectivity index (χ1n) is 6.92. The second-order valence-corrected chi connectivity index (χ2v) is 5.93. The van der Waals surface area contributed by atoms with Crippen molar-refractivity contribution < 1.29 is 27.9 Å². The van der Waals surface area contributed by atoms with E-state index in [9.17, 15) is 22.8 Å². The van der Waals surface area contributed by atoms with Crippen LogP contribution in [0.15, 0.2) is 41.1 Å². The number of carboxylic acid groups (broad SMARTS) is 1. The second-order valence-electron chi connectivity index (χ2n) is 5.15. The van der Waals surface area contributed by atoms with Gasteiger partial charge in [0, 0.05) is 6.54 Å². The molecule has 0 fully saturated rings. The van der Waals surface area contributed by atoms with Gasteiger partial charge in [-0.1, -0.05) is 12.1 Å². The molecule has 2 aromatic rings. The molecule has 2 rings (SSSR count). The maximum atomic E-state index is 12.6. The number of carboxylic acids is 1. The molecule has 1 aromatic carbocycles. The molecule has 1 heterocycles. The zero-order valence-corrected chi connectivity index (χ0v) is 13.2. The number of thiophene rings is 1. The van der Waals surface area contributed by atoms with Crippen LogP contribution in [0.3, 0.4) is 0 Å². The Kier molecular flexibility index (Phi) is 5.61. The van der Waals surface area contributed by atoms with Gasteiger partial charge >= 0.3 is 12.1 Å². The Morgan fingerprint density at radius 3 is 2.25 bits per heavy atom. The first-order valence-corrected chi connectivity index (χ1v) is 7.87. The summed E-state index contributed by atoms with van der Waals surface area (Å²) in [6, 6.07) is 6.08. The largest absolute Gasteiger partial charge is 0.480 e. The zero-order chi connectivity index (χ0) is 17.7. The lowest BCUT2D eigenvalue weighted by atomic mass is 10.1. The summed E-state index contributed by atoms with van der Waals surface area (Å²) in [5.41, 5.74) is 0.413. The fourth-order valence-corrected chi connectivity index (χ4v) is 2.76. The van der Waals surface area contributed by atoms with Gasteiger partial charge < -0.3 is 10.0 Å². The Hall–Kier alpha value is -2.35. The number of carbonyl (C=O) groups excluding carboxylic acids is 1. The van der Waals surface area contributed by atoms with Gasteiger partial charge in [0.2, 0.25) is 5.91 Å². The molecule has 1 N–H and O–H groups in total. The Labute approximate surface area is 140 Å². The molecule has 24 heavy (non-hydrogen) atoms. The molecule has 4 nitrogen and oxygen atoms in total. The van der Waals surface area contributed by atoms with Crippen LogP contribution in [0.4, 0.5) is 13.2 Å². The normalized spacial score (nSPS) is 11.3. The van der Waals surface area contributed by atoms with E-state index in [1.54, 1.807) is 16.8 Å². The summed E-state index contributed by atoms with van der Waals surface area (Å²) in [5.74, 6) is -1.57. The molecule has 0 radical (unpaired) electrons. The van der Waals surface area contributed by atoms with E-state index in [1.807, 2.05) is 0 Å². The highest BCUT2D eigenvalue weighted by Gasteiger charge is 2.30. The van der Waals surface area contributed by atoms with Crippen molar-refractivity contribution >= 4 is 23.2 Å². The van der Waals surface area contributed by atoms with Crippen molar-refractivity contribution in [1.29, 1.82) is 0 Å². The molecule has 0 spiro atoms. The Bertz CT molecular complexity index is 696. The summed E-state index contributed by atoms with van der Waals surface area (Å²) in [4.78, 5) is 24.3. The number of halogens is 3. The van der Waals surface area contributed by atoms with Crippen molar-refractivity contribution in [3.05, 3.63) is 57.8 Å². The van der Waals surface area contributed by atoms with Gasteiger partial charge in [0.1, 0.15) is 6.54 Å². The average Bonchev–Trinajstić information content (AvgIpc) is 2.98. The summed E-state index contributed by atoms with van der Waals surface area (Å²) < 4.78 is 37.7. The van der Waals surface area contributed by atoms with Crippen LogP contribution in [-0.4, -0.2) is 28.4 Å². The third kappa shape index (κ3) is 5.09. The first-order chi connectivity index (χ1) is 11.3. The van der Waals surface area contributed by atoms with E-state index in [0.29, 0.717) is 5.56 Å². The van der Waals surface area contributed by atoms with E-state index in [0.717, 1.165) is 22.6 Å². The van der Waals surface area contributed by atoms with E-state index in [-0.39, 0.29) is 13.0 Å². The molecule has 1 aromatic heterocycles. The quantitative estimate of drug-likeness (QED) is 0.862. The lowest BCUT2D eigenvalue weighted by molar-refractivity contribution is -0.144. The monoisotopic (exact) mass is 357 g/mol. The SMILES string of the molecule is O=C(O)CN(Cc1ccc(C(F)(F)F)cc1)C(=O)Cc1ccsc1. The van der Waals surface area contributed by atoms with Crippen LogP contribution < -0.4 is 0 Å². The maximum absolute atomic E-state index is 12.6. The molecule has 0 saturated carbocycles. The molecule has 8 heteroatoms. The Morgan fingerprint density at radius 2 is 1.75 bits per heavy atom. The van der Waals surface area contributed by atoms with Gasteiger partial charge in [-0.25, -0.2) is 0 Å². The van der Waals surface area contributed by atoms with Crippen LogP contribution in [0.2, 0.25) is 0 Å². The summed E-state index contributed by atoms with van der Waals surface area (Å²) in [6.45, 7) is -0.572. The van der Waals surface area contributed by atoms with Crippen molar-refractivity contribution in [3.63, 3.8) is 0 Å². The number of hydrogen-bond donors (Lipinski definition) is 1. The average molecular weight is 357 g/mol. The van der Waals surface area contributed by atoms with E-state index in [4.69, 9.17) is 5.11 Å². The van der Waals surface area contributed by atoms with Gasteiger partial charge in [-0.05, 0) is 40.1 Å². The lowest BCUT2D eigenvalue weighted by Gasteiger charge is -2.21. The summed E-state index contributed by atoms with van der Waals surface area (Å²) in [5, 5.41) is 12.5. The highest BCUT2D eigenvalue weighted by atomic mass is 32.1. The predicted octanol–water partition coefficient (Wildman–Crippen LogP) is 3.42. The van der Waals surface area contributed by atoms with Crippen LogP contribution in [0.5, 0.6) is 0 Å². The molecule has 0 saturated heterocycles. The fraction of sp³-hybridized carbons (Fsp3) is 0.250. The minimum Gasteiger partial charge on any atom is -0.480 e. The lowest BCUT2D eigenvalue weighted by Crippen LogP contribution is -2.36. The molecule has 0 bridgehead atoms. The van der Waals surface area contributed by atoms with Crippen LogP contribution in [0.25, 0.3) is 0 Å². The molecular formula is C16H14F3NO3S. The van der Waals surface area contributed by atoms with Gasteiger partial charge in [-0.3, -0.25) is 9.59 Å². The van der Waals surface area contributed by atoms with Crippen molar-refractivity contribution in [2.45, 2.75) is 19.1 Å². The number of rotatable bonds is 6. The van der Waals surface area contributed by atoms with E-state index >= 15 is 0 Å². The number of aliphatic carboxylic acids is 1. The highest BCUT2D eigenvalue weighted by molar-refractivity contribution is 7.08. The standard InChI is InChI=1S/C16H14F3NO3S/c17-16(18,19)13-3-1-11(2-4-13)8-20(9-15(22)23)14(21)7-12-5-6-24-10-12/h1-6,10H,7-9H2,(H,22,23). The third-order valence-corrected chi connectivity index (χ3v) is 4.00. The zero-order valence-electron chi connectivity index (χ0n) is 12.4. The van der Waals surface area contributed by atoms with E-state index < -0.39 is 30.2 Å². The van der Waals surface area contributed by atoms with Crippen molar-refractivity contribution in [2.75, 3.05) is 6.54 Å². The molecule has 128 valence electrons. The minimum absolute atomic E-state index is 0.0530. The molecule has 1 amide bonds.